The molecule has 3 aliphatic heterocycles. The number of halogens is 1. The molecule has 3 heterocycles. The Morgan fingerprint density at radius 3 is 2.84 bits per heavy atom. The summed E-state index contributed by atoms with van der Waals surface area (Å²) in [5.41, 5.74) is 1.35. The van der Waals surface area contributed by atoms with Crippen LogP contribution in [0.25, 0.3) is 5.70 Å². The van der Waals surface area contributed by atoms with Gasteiger partial charge in [-0.3, -0.25) is 15.1 Å². The van der Waals surface area contributed by atoms with Crippen LogP contribution in [0.15, 0.2) is 51.0 Å². The molecule has 1 amide bonds. The van der Waals surface area contributed by atoms with Gasteiger partial charge in [0.1, 0.15) is 5.70 Å². The van der Waals surface area contributed by atoms with Gasteiger partial charge in [-0.25, -0.2) is 5.01 Å². The van der Waals surface area contributed by atoms with Gasteiger partial charge in [-0.1, -0.05) is 72.1 Å². The molecule has 0 spiro atoms. The van der Waals surface area contributed by atoms with Gasteiger partial charge in [0.05, 0.1) is 5.36 Å². The molecule has 1 atom stereocenters. The first kappa shape index (κ1) is 21.3. The SMILES string of the molecule is CCCCCCSC1=NN2C(=c3ccccc3=NC2c2cc3c(cc2Br)OCO3)C(=O)N1. The molecule has 0 saturated carbocycles. The summed E-state index contributed by atoms with van der Waals surface area (Å²) in [4.78, 5) is 18.2. The van der Waals surface area contributed by atoms with Crippen molar-refractivity contribution in [3.05, 3.63) is 57.0 Å². The lowest BCUT2D eigenvalue weighted by molar-refractivity contribution is -0.116. The fourth-order valence-corrected chi connectivity index (χ4v) is 5.30. The van der Waals surface area contributed by atoms with Crippen molar-refractivity contribution in [1.82, 2.24) is 10.3 Å². The van der Waals surface area contributed by atoms with E-state index in [1.807, 2.05) is 36.4 Å². The lowest BCUT2D eigenvalue weighted by atomic mass is 10.1. The van der Waals surface area contributed by atoms with E-state index in [1.54, 1.807) is 16.8 Å². The number of fused-ring (bicyclic) bond motifs is 3. The lowest BCUT2D eigenvalue weighted by Gasteiger charge is -2.34. The van der Waals surface area contributed by atoms with E-state index in [9.17, 15) is 4.79 Å². The van der Waals surface area contributed by atoms with Gasteiger partial charge in [0.25, 0.3) is 5.91 Å². The highest BCUT2D eigenvalue weighted by atomic mass is 79.9. The second-order valence-electron chi connectivity index (χ2n) is 7.71. The van der Waals surface area contributed by atoms with E-state index >= 15 is 0 Å². The van der Waals surface area contributed by atoms with Gasteiger partial charge in [-0.2, -0.15) is 0 Å². The zero-order valence-electron chi connectivity index (χ0n) is 17.6. The van der Waals surface area contributed by atoms with Crippen molar-refractivity contribution in [1.29, 1.82) is 0 Å². The number of rotatable bonds is 6. The topological polar surface area (TPSA) is 75.5 Å². The average Bonchev–Trinajstić information content (AvgIpc) is 3.25. The number of amidine groups is 1. The van der Waals surface area contributed by atoms with Crippen molar-refractivity contribution in [3.63, 3.8) is 0 Å². The number of ether oxygens (including phenoxy) is 2. The third-order valence-electron chi connectivity index (χ3n) is 5.52. The van der Waals surface area contributed by atoms with Crippen molar-refractivity contribution in [3.8, 4) is 11.5 Å². The van der Waals surface area contributed by atoms with Crippen molar-refractivity contribution >= 4 is 44.5 Å². The maximum Gasteiger partial charge on any atom is 0.276 e. The zero-order chi connectivity index (χ0) is 22.1. The predicted molar refractivity (Wildman–Crippen MR) is 128 cm³/mol. The van der Waals surface area contributed by atoms with Crippen molar-refractivity contribution in [2.75, 3.05) is 12.5 Å². The Hall–Kier alpha value is -2.52. The second kappa shape index (κ2) is 9.15. The number of carbonyl (C=O) groups is 1. The molecular weight excluding hydrogens is 492 g/mol. The van der Waals surface area contributed by atoms with Crippen LogP contribution in [0, 0.1) is 0 Å². The van der Waals surface area contributed by atoms with Crippen LogP contribution in [0.1, 0.15) is 44.3 Å². The molecule has 0 aromatic heterocycles. The molecule has 0 fully saturated rings. The van der Waals surface area contributed by atoms with E-state index in [0.29, 0.717) is 22.4 Å². The molecule has 166 valence electrons. The maximum atomic E-state index is 13.2. The van der Waals surface area contributed by atoms with Crippen molar-refractivity contribution in [2.24, 2.45) is 10.1 Å². The Bertz CT molecular complexity index is 1220. The number of thioether (sulfide) groups is 1. The molecule has 7 nitrogen and oxygen atoms in total. The Balaban J connectivity index is 1.55. The van der Waals surface area contributed by atoms with E-state index in [0.717, 1.165) is 32.8 Å². The molecule has 0 radical (unpaired) electrons. The van der Waals surface area contributed by atoms with E-state index in [-0.39, 0.29) is 12.7 Å². The minimum Gasteiger partial charge on any atom is -0.454 e. The van der Waals surface area contributed by atoms with Crippen LogP contribution < -0.4 is 25.4 Å². The highest BCUT2D eigenvalue weighted by molar-refractivity contribution is 9.10. The number of hydrogen-bond donors (Lipinski definition) is 1. The largest absolute Gasteiger partial charge is 0.454 e. The van der Waals surface area contributed by atoms with E-state index in [1.165, 1.54) is 19.3 Å². The zero-order valence-corrected chi connectivity index (χ0v) is 20.0. The standard InChI is InChI=1S/C23H23BrN4O3S/c1-2-3-4-7-10-32-23-26-22(29)20-14-8-5-6-9-17(14)25-21(28(20)27-23)15-11-18-19(12-16(15)24)31-13-30-18/h5-6,8-9,11-12,21H,2-4,7,10,13H2,1H3,(H,26,27,29). The monoisotopic (exact) mass is 514 g/mol. The number of unbranched alkanes of at least 4 members (excludes halogenated alkanes) is 3. The summed E-state index contributed by atoms with van der Waals surface area (Å²) in [5, 5.41) is 11.7. The smallest absolute Gasteiger partial charge is 0.276 e. The lowest BCUT2D eigenvalue weighted by Crippen LogP contribution is -2.50. The van der Waals surface area contributed by atoms with Gasteiger partial charge < -0.3 is 9.47 Å². The van der Waals surface area contributed by atoms with Crippen LogP contribution >= 0.6 is 27.7 Å². The van der Waals surface area contributed by atoms with Crippen molar-refractivity contribution in [2.45, 2.75) is 38.8 Å². The van der Waals surface area contributed by atoms with Gasteiger partial charge in [-0.05, 0) is 24.6 Å². The van der Waals surface area contributed by atoms with Crippen molar-refractivity contribution < 1.29 is 14.3 Å². The molecule has 0 saturated heterocycles. The van der Waals surface area contributed by atoms with Crippen LogP contribution in [0.4, 0.5) is 0 Å². The third-order valence-corrected chi connectivity index (χ3v) is 7.16. The minimum atomic E-state index is -0.509. The molecule has 1 N–H and O–H groups in total. The van der Waals surface area contributed by atoms with Gasteiger partial charge in [-0.15, -0.1) is 5.10 Å². The Morgan fingerprint density at radius 1 is 1.19 bits per heavy atom. The maximum absolute atomic E-state index is 13.2. The molecular formula is C23H23BrN4O3S. The molecule has 3 aliphatic rings. The highest BCUT2D eigenvalue weighted by Crippen LogP contribution is 2.42. The van der Waals surface area contributed by atoms with E-state index < -0.39 is 6.17 Å². The molecule has 0 aliphatic carbocycles. The van der Waals surface area contributed by atoms with Crippen LogP contribution in [0.3, 0.4) is 0 Å². The summed E-state index contributed by atoms with van der Waals surface area (Å²) in [6, 6.07) is 11.4. The van der Waals surface area contributed by atoms with Crippen LogP contribution in [0.2, 0.25) is 0 Å². The molecule has 32 heavy (non-hydrogen) atoms. The normalized spacial score (nSPS) is 18.5. The Labute approximate surface area is 198 Å². The first-order valence-corrected chi connectivity index (χ1v) is 12.5. The number of benzene rings is 2. The first-order valence-electron chi connectivity index (χ1n) is 10.7. The summed E-state index contributed by atoms with van der Waals surface area (Å²) in [5.74, 6) is 2.09. The number of hydrogen-bond acceptors (Lipinski definition) is 7. The summed E-state index contributed by atoms with van der Waals surface area (Å²) in [6.07, 6.45) is 4.18. The summed E-state index contributed by atoms with van der Waals surface area (Å²) in [7, 11) is 0. The van der Waals surface area contributed by atoms with Gasteiger partial charge in [0.2, 0.25) is 6.79 Å². The molecule has 5 rings (SSSR count). The quantitative estimate of drug-likeness (QED) is 0.595. The van der Waals surface area contributed by atoms with Crippen LogP contribution in [0.5, 0.6) is 11.5 Å². The molecule has 2 aromatic carbocycles. The van der Waals surface area contributed by atoms with Gasteiger partial charge in [0.15, 0.2) is 22.8 Å². The summed E-state index contributed by atoms with van der Waals surface area (Å²) < 4.78 is 11.9. The average molecular weight is 515 g/mol. The van der Waals surface area contributed by atoms with Gasteiger partial charge >= 0.3 is 0 Å². The van der Waals surface area contributed by atoms with Crippen LogP contribution in [-0.4, -0.2) is 28.6 Å². The molecule has 0 bridgehead atoms. The number of nitrogens with zero attached hydrogens (tertiary/aromatic N) is 3. The second-order valence-corrected chi connectivity index (χ2v) is 9.65. The first-order chi connectivity index (χ1) is 15.7. The number of hydrazone groups is 1. The Morgan fingerprint density at radius 2 is 2.00 bits per heavy atom. The third kappa shape index (κ3) is 3.99. The molecule has 1 unspecified atom stereocenters. The Kier molecular flexibility index (Phi) is 6.10. The predicted octanol–water partition coefficient (Wildman–Crippen LogP) is 3.63. The number of para-hydroxylation sites is 1. The molecule has 2 aromatic rings. The van der Waals surface area contributed by atoms with E-state index in [4.69, 9.17) is 19.6 Å². The fourth-order valence-electron chi connectivity index (χ4n) is 3.92. The van der Waals surface area contributed by atoms with Gasteiger partial charge in [0, 0.05) is 21.0 Å². The summed E-state index contributed by atoms with van der Waals surface area (Å²) >= 11 is 5.23. The minimum absolute atomic E-state index is 0.166. The summed E-state index contributed by atoms with van der Waals surface area (Å²) in [6.45, 7) is 2.39. The van der Waals surface area contributed by atoms with Crippen LogP contribution in [-0.2, 0) is 4.79 Å². The van der Waals surface area contributed by atoms with E-state index in [2.05, 4.69) is 28.2 Å². The molecule has 9 heteroatoms. The number of nitrogens with one attached hydrogen (secondary N) is 1. The number of carbonyl (C=O) groups excluding carboxylic acids is 1. The highest BCUT2D eigenvalue weighted by Gasteiger charge is 2.36. The fraction of sp³-hybridized carbons (Fsp3) is 0.348. The number of amides is 1.